The van der Waals surface area contributed by atoms with Crippen molar-refractivity contribution in [3.05, 3.63) is 41.5 Å². The molecular weight excluding hydrogens is 260 g/mol. The van der Waals surface area contributed by atoms with E-state index in [2.05, 4.69) is 0 Å². The van der Waals surface area contributed by atoms with Gasteiger partial charge in [-0.25, -0.2) is 8.51 Å². The van der Waals surface area contributed by atoms with E-state index < -0.39 is 16.9 Å². The Morgan fingerprint density at radius 1 is 1.47 bits per heavy atom. The highest BCUT2D eigenvalue weighted by Crippen LogP contribution is 2.08. The van der Waals surface area contributed by atoms with Crippen LogP contribution in [0, 0.1) is 0 Å². The lowest BCUT2D eigenvalue weighted by Crippen LogP contribution is -2.20. The number of carbonyl (C=O) groups excluding carboxylic acids is 1. The van der Waals surface area contributed by atoms with Gasteiger partial charge >= 0.3 is 0 Å². The second kappa shape index (κ2) is 7.86. The molecule has 0 saturated heterocycles. The lowest BCUT2D eigenvalue weighted by atomic mass is 10.1. The van der Waals surface area contributed by atoms with Gasteiger partial charge in [-0.1, -0.05) is 24.3 Å². The summed E-state index contributed by atoms with van der Waals surface area (Å²) < 4.78 is 12.9. The SMILES string of the molecule is CN(CCC/C=C\c1cccc(C(N)=O)c1)S(C)=O. The van der Waals surface area contributed by atoms with Gasteiger partial charge in [-0.2, -0.15) is 0 Å². The molecule has 0 fully saturated rings. The van der Waals surface area contributed by atoms with Crippen molar-refractivity contribution in [3.8, 4) is 0 Å². The summed E-state index contributed by atoms with van der Waals surface area (Å²) in [6.07, 6.45) is 7.54. The number of nitrogens with zero attached hydrogens (tertiary/aromatic N) is 1. The summed E-state index contributed by atoms with van der Waals surface area (Å²) in [6, 6.07) is 7.21. The van der Waals surface area contributed by atoms with Crippen LogP contribution in [0.4, 0.5) is 0 Å². The summed E-state index contributed by atoms with van der Waals surface area (Å²) in [5, 5.41) is 0. The molecule has 2 N–H and O–H groups in total. The third-order valence-corrected chi connectivity index (χ3v) is 3.82. The molecule has 1 amide bonds. The number of benzene rings is 1. The van der Waals surface area contributed by atoms with Crippen molar-refractivity contribution in [3.63, 3.8) is 0 Å². The van der Waals surface area contributed by atoms with E-state index in [1.165, 1.54) is 0 Å². The van der Waals surface area contributed by atoms with Gasteiger partial charge in [0, 0.05) is 18.4 Å². The zero-order chi connectivity index (χ0) is 14.3. The first-order chi connectivity index (χ1) is 9.00. The van der Waals surface area contributed by atoms with Crippen LogP contribution in [0.5, 0.6) is 0 Å². The summed E-state index contributed by atoms with van der Waals surface area (Å²) in [5.74, 6) is -0.415. The van der Waals surface area contributed by atoms with E-state index in [4.69, 9.17) is 5.73 Å². The van der Waals surface area contributed by atoms with Gasteiger partial charge in [-0.15, -0.1) is 0 Å². The Morgan fingerprint density at radius 2 is 2.21 bits per heavy atom. The summed E-state index contributed by atoms with van der Waals surface area (Å²) in [7, 11) is 0.941. The van der Waals surface area contributed by atoms with Crippen LogP contribution >= 0.6 is 0 Å². The van der Waals surface area contributed by atoms with Crippen LogP contribution in [-0.2, 0) is 11.0 Å². The van der Waals surface area contributed by atoms with Crippen molar-refractivity contribution in [1.29, 1.82) is 0 Å². The number of primary amides is 1. The smallest absolute Gasteiger partial charge is 0.248 e. The first-order valence-corrected chi connectivity index (χ1v) is 7.63. The number of amides is 1. The molecule has 1 atom stereocenters. The molecule has 19 heavy (non-hydrogen) atoms. The minimum Gasteiger partial charge on any atom is -0.366 e. The molecule has 5 heteroatoms. The van der Waals surface area contributed by atoms with Crippen LogP contribution < -0.4 is 5.73 Å². The monoisotopic (exact) mass is 280 g/mol. The van der Waals surface area contributed by atoms with Crippen LogP contribution in [0.3, 0.4) is 0 Å². The van der Waals surface area contributed by atoms with E-state index in [1.807, 2.05) is 35.6 Å². The number of allylic oxidation sites excluding steroid dienone is 1. The fourth-order valence-electron chi connectivity index (χ4n) is 1.58. The molecule has 1 aromatic rings. The minimum absolute atomic E-state index is 0.415. The van der Waals surface area contributed by atoms with Gasteiger partial charge in [0.2, 0.25) is 5.91 Å². The molecule has 0 spiro atoms. The van der Waals surface area contributed by atoms with Gasteiger partial charge in [0.1, 0.15) is 0 Å². The van der Waals surface area contributed by atoms with Crippen LogP contribution in [0.15, 0.2) is 30.3 Å². The summed E-state index contributed by atoms with van der Waals surface area (Å²) in [5.41, 5.74) is 6.70. The van der Waals surface area contributed by atoms with Crippen molar-refractivity contribution in [1.82, 2.24) is 4.31 Å². The van der Waals surface area contributed by atoms with Gasteiger partial charge in [0.25, 0.3) is 0 Å². The van der Waals surface area contributed by atoms with E-state index >= 15 is 0 Å². The second-order valence-electron chi connectivity index (χ2n) is 4.31. The predicted octanol–water partition coefficient (Wildman–Crippen LogP) is 1.80. The van der Waals surface area contributed by atoms with Gasteiger partial charge in [0.15, 0.2) is 0 Å². The van der Waals surface area contributed by atoms with Crippen LogP contribution in [0.2, 0.25) is 0 Å². The number of hydrogen-bond donors (Lipinski definition) is 1. The number of carbonyl (C=O) groups is 1. The molecule has 0 aliphatic rings. The summed E-state index contributed by atoms with van der Waals surface area (Å²) in [4.78, 5) is 11.0. The van der Waals surface area contributed by atoms with Gasteiger partial charge in [-0.3, -0.25) is 4.79 Å². The number of unbranched alkanes of at least 4 members (excludes halogenated alkanes) is 1. The molecule has 0 heterocycles. The Morgan fingerprint density at radius 3 is 2.84 bits per heavy atom. The third-order valence-electron chi connectivity index (χ3n) is 2.76. The molecule has 0 saturated carbocycles. The standard InChI is InChI=1S/C14H20N2O2S/c1-16(19(2)18)10-5-3-4-7-12-8-6-9-13(11-12)14(15)17/h4,6-9,11H,3,5,10H2,1-2H3,(H2,15,17)/b7-4-. The number of hydrogen-bond acceptors (Lipinski definition) is 2. The normalized spacial score (nSPS) is 13.0. The van der Waals surface area contributed by atoms with Crippen molar-refractivity contribution < 1.29 is 9.00 Å². The molecule has 1 unspecified atom stereocenters. The molecular formula is C14H20N2O2S. The Labute approximate surface area is 116 Å². The molecule has 0 aliphatic heterocycles. The van der Waals surface area contributed by atoms with Crippen LogP contribution in [0.25, 0.3) is 6.08 Å². The molecule has 0 aromatic heterocycles. The first-order valence-electron chi connectivity index (χ1n) is 6.12. The predicted molar refractivity (Wildman–Crippen MR) is 79.9 cm³/mol. The average molecular weight is 280 g/mol. The zero-order valence-corrected chi connectivity index (χ0v) is 12.2. The Hall–Kier alpha value is -1.46. The van der Waals surface area contributed by atoms with Crippen molar-refractivity contribution in [2.24, 2.45) is 5.73 Å². The molecule has 1 rings (SSSR count). The Bertz CT molecular complexity index is 486. The maximum Gasteiger partial charge on any atom is 0.248 e. The minimum atomic E-state index is -0.902. The molecule has 0 aliphatic carbocycles. The fourth-order valence-corrected chi connectivity index (χ4v) is 1.96. The van der Waals surface area contributed by atoms with E-state index in [0.29, 0.717) is 5.56 Å². The van der Waals surface area contributed by atoms with E-state index in [1.54, 1.807) is 18.4 Å². The molecule has 104 valence electrons. The van der Waals surface area contributed by atoms with E-state index in [-0.39, 0.29) is 0 Å². The zero-order valence-electron chi connectivity index (χ0n) is 11.3. The highest BCUT2D eigenvalue weighted by molar-refractivity contribution is 7.81. The highest BCUT2D eigenvalue weighted by Gasteiger charge is 2.00. The topological polar surface area (TPSA) is 63.4 Å². The average Bonchev–Trinajstić information content (AvgIpc) is 2.38. The van der Waals surface area contributed by atoms with Crippen LogP contribution in [0.1, 0.15) is 28.8 Å². The maximum atomic E-state index is 11.1. The van der Waals surface area contributed by atoms with E-state index in [0.717, 1.165) is 24.9 Å². The Kier molecular flexibility index (Phi) is 6.45. The van der Waals surface area contributed by atoms with Gasteiger partial charge < -0.3 is 5.73 Å². The quantitative estimate of drug-likeness (QED) is 0.774. The van der Waals surface area contributed by atoms with Crippen LogP contribution in [-0.4, -0.2) is 34.3 Å². The summed E-state index contributed by atoms with van der Waals surface area (Å²) >= 11 is 0. The lowest BCUT2D eigenvalue weighted by molar-refractivity contribution is 0.100. The molecule has 4 nitrogen and oxygen atoms in total. The second-order valence-corrected chi connectivity index (χ2v) is 5.78. The van der Waals surface area contributed by atoms with Crippen molar-refractivity contribution in [2.75, 3.05) is 19.8 Å². The van der Waals surface area contributed by atoms with Gasteiger partial charge in [0.05, 0.1) is 11.0 Å². The third kappa shape index (κ3) is 5.81. The summed E-state index contributed by atoms with van der Waals surface area (Å²) in [6.45, 7) is 0.800. The number of nitrogens with two attached hydrogens (primary N) is 1. The molecule has 0 radical (unpaired) electrons. The lowest BCUT2D eigenvalue weighted by Gasteiger charge is -2.11. The first kappa shape index (κ1) is 15.6. The van der Waals surface area contributed by atoms with Gasteiger partial charge in [-0.05, 0) is 37.6 Å². The Balaban J connectivity index is 2.43. The van der Waals surface area contributed by atoms with E-state index in [9.17, 15) is 9.00 Å². The van der Waals surface area contributed by atoms with Crippen molar-refractivity contribution in [2.45, 2.75) is 12.8 Å². The molecule has 1 aromatic carbocycles. The maximum absolute atomic E-state index is 11.1. The molecule has 0 bridgehead atoms. The van der Waals surface area contributed by atoms with Crippen molar-refractivity contribution >= 4 is 23.0 Å². The highest BCUT2D eigenvalue weighted by atomic mass is 32.2. The largest absolute Gasteiger partial charge is 0.366 e. The number of rotatable bonds is 7. The fraction of sp³-hybridized carbons (Fsp3) is 0.357.